The van der Waals surface area contributed by atoms with Gasteiger partial charge in [-0.05, 0) is 13.3 Å². The summed E-state index contributed by atoms with van der Waals surface area (Å²) in [5.74, 6) is 2.16. The molecule has 98 valence electrons. The average molecular weight is 268 g/mol. The molecule has 0 aliphatic carbocycles. The Morgan fingerprint density at radius 2 is 2.44 bits per heavy atom. The molecule has 0 radical (unpaired) electrons. The van der Waals surface area contributed by atoms with Gasteiger partial charge in [0.2, 0.25) is 5.91 Å². The molecule has 1 rings (SSSR count). The van der Waals surface area contributed by atoms with Crippen LogP contribution in [0.3, 0.4) is 0 Å². The summed E-state index contributed by atoms with van der Waals surface area (Å²) in [6.07, 6.45) is 5.89. The second kappa shape index (κ2) is 6.91. The maximum atomic E-state index is 11.6. The van der Waals surface area contributed by atoms with Crippen LogP contribution < -0.4 is 11.0 Å². The van der Waals surface area contributed by atoms with Crippen LogP contribution in [-0.4, -0.2) is 32.5 Å². The molecular weight excluding hydrogens is 252 g/mol. The third-order valence-electron chi connectivity index (χ3n) is 2.19. The van der Waals surface area contributed by atoms with E-state index < -0.39 is 0 Å². The summed E-state index contributed by atoms with van der Waals surface area (Å²) >= 11 is 1.23. The summed E-state index contributed by atoms with van der Waals surface area (Å²) in [5.41, 5.74) is -0.254. The number of nitrogens with zero attached hydrogens (tertiary/aromatic N) is 2. The van der Waals surface area contributed by atoms with E-state index in [0.29, 0.717) is 11.7 Å². The Bertz CT molecular complexity index is 500. The molecule has 2 N–H and O–H groups in total. The highest BCUT2D eigenvalue weighted by atomic mass is 32.2. The van der Waals surface area contributed by atoms with E-state index in [4.69, 9.17) is 6.42 Å². The lowest BCUT2D eigenvalue weighted by atomic mass is 10.4. The van der Waals surface area contributed by atoms with Crippen LogP contribution in [0.1, 0.15) is 20.3 Å². The SMILES string of the molecule is C#CCNC(=O)C(C)Sc1n[nH]c(=O)n1CCC. The van der Waals surface area contributed by atoms with Gasteiger partial charge in [0.25, 0.3) is 0 Å². The quantitative estimate of drug-likeness (QED) is 0.571. The van der Waals surface area contributed by atoms with E-state index >= 15 is 0 Å². The fourth-order valence-electron chi connectivity index (χ4n) is 1.31. The number of rotatable bonds is 6. The molecule has 0 bridgehead atoms. The van der Waals surface area contributed by atoms with Crippen molar-refractivity contribution in [2.75, 3.05) is 6.54 Å². The van der Waals surface area contributed by atoms with Crippen LogP contribution in [-0.2, 0) is 11.3 Å². The average Bonchev–Trinajstić information content (AvgIpc) is 2.69. The minimum Gasteiger partial charge on any atom is -0.344 e. The number of hydrogen-bond acceptors (Lipinski definition) is 4. The number of nitrogens with one attached hydrogen (secondary N) is 2. The van der Waals surface area contributed by atoms with Gasteiger partial charge in [-0.15, -0.1) is 11.5 Å². The van der Waals surface area contributed by atoms with Crippen LogP contribution in [0.25, 0.3) is 0 Å². The van der Waals surface area contributed by atoms with Crippen LogP contribution in [0.2, 0.25) is 0 Å². The largest absolute Gasteiger partial charge is 0.344 e. The maximum absolute atomic E-state index is 11.6. The molecule has 0 spiro atoms. The number of H-pyrrole nitrogens is 1. The van der Waals surface area contributed by atoms with E-state index in [9.17, 15) is 9.59 Å². The number of carbonyl (C=O) groups is 1. The normalized spacial score (nSPS) is 11.8. The van der Waals surface area contributed by atoms with Gasteiger partial charge in [-0.25, -0.2) is 9.89 Å². The molecule has 1 atom stereocenters. The fourth-order valence-corrected chi connectivity index (χ4v) is 2.21. The van der Waals surface area contributed by atoms with Crippen molar-refractivity contribution in [3.05, 3.63) is 10.5 Å². The predicted molar refractivity (Wildman–Crippen MR) is 70.3 cm³/mol. The standard InChI is InChI=1S/C11H16N4O2S/c1-4-6-12-9(16)8(3)18-11-14-13-10(17)15(11)7-5-2/h1,8H,5-7H2,2-3H3,(H,12,16)(H,13,17). The van der Waals surface area contributed by atoms with Gasteiger partial charge in [0, 0.05) is 6.54 Å². The molecule has 0 fully saturated rings. The Morgan fingerprint density at radius 1 is 1.72 bits per heavy atom. The number of terminal acetylenes is 1. The molecule has 1 aromatic heterocycles. The minimum absolute atomic E-state index is 0.170. The predicted octanol–water partition coefficient (Wildman–Crippen LogP) is 0.211. The van der Waals surface area contributed by atoms with Gasteiger partial charge in [-0.1, -0.05) is 24.6 Å². The number of aromatic amines is 1. The number of carbonyl (C=O) groups excluding carboxylic acids is 1. The van der Waals surface area contributed by atoms with Gasteiger partial charge < -0.3 is 5.32 Å². The van der Waals surface area contributed by atoms with Crippen molar-refractivity contribution < 1.29 is 4.79 Å². The third-order valence-corrected chi connectivity index (χ3v) is 3.28. The summed E-state index contributed by atoms with van der Waals surface area (Å²) in [6.45, 7) is 4.49. The van der Waals surface area contributed by atoms with Gasteiger partial charge in [-0.2, -0.15) is 0 Å². The zero-order valence-electron chi connectivity index (χ0n) is 10.4. The van der Waals surface area contributed by atoms with E-state index in [1.807, 2.05) is 6.92 Å². The molecular formula is C11H16N4O2S. The highest BCUT2D eigenvalue weighted by molar-refractivity contribution is 8.00. The molecule has 0 saturated carbocycles. The second-order valence-electron chi connectivity index (χ2n) is 3.64. The molecule has 1 aromatic rings. The zero-order valence-corrected chi connectivity index (χ0v) is 11.2. The lowest BCUT2D eigenvalue weighted by molar-refractivity contribution is -0.120. The molecule has 18 heavy (non-hydrogen) atoms. The Balaban J connectivity index is 2.70. The lowest BCUT2D eigenvalue weighted by Crippen LogP contribution is -2.31. The Kier molecular flexibility index (Phi) is 5.52. The fraction of sp³-hybridized carbons (Fsp3) is 0.545. The van der Waals surface area contributed by atoms with E-state index in [1.54, 1.807) is 6.92 Å². The van der Waals surface area contributed by atoms with Crippen LogP contribution >= 0.6 is 11.8 Å². The van der Waals surface area contributed by atoms with E-state index in [2.05, 4.69) is 21.4 Å². The topological polar surface area (TPSA) is 79.8 Å². The molecule has 6 nitrogen and oxygen atoms in total. The number of amides is 1. The van der Waals surface area contributed by atoms with E-state index in [-0.39, 0.29) is 23.4 Å². The summed E-state index contributed by atoms with van der Waals surface area (Å²) in [7, 11) is 0. The first-order valence-electron chi connectivity index (χ1n) is 5.63. The highest BCUT2D eigenvalue weighted by Gasteiger charge is 2.18. The molecule has 0 aliphatic heterocycles. The van der Waals surface area contributed by atoms with Gasteiger partial charge in [-0.3, -0.25) is 9.36 Å². The number of thioether (sulfide) groups is 1. The van der Waals surface area contributed by atoms with Crippen molar-refractivity contribution in [2.45, 2.75) is 37.2 Å². The van der Waals surface area contributed by atoms with Crippen molar-refractivity contribution in [2.24, 2.45) is 0 Å². The summed E-state index contributed by atoms with van der Waals surface area (Å²) in [6, 6.07) is 0. The van der Waals surface area contributed by atoms with Crippen molar-refractivity contribution >= 4 is 17.7 Å². The first-order chi connectivity index (χ1) is 8.60. The minimum atomic E-state index is -0.357. The molecule has 1 amide bonds. The Hall–Kier alpha value is -1.68. The van der Waals surface area contributed by atoms with E-state index in [0.717, 1.165) is 6.42 Å². The van der Waals surface area contributed by atoms with Crippen LogP contribution in [0.15, 0.2) is 9.95 Å². The summed E-state index contributed by atoms with van der Waals surface area (Å²) in [4.78, 5) is 23.1. The van der Waals surface area contributed by atoms with Crippen LogP contribution in [0, 0.1) is 12.3 Å². The molecule has 0 aliphatic rings. The van der Waals surface area contributed by atoms with Gasteiger partial charge in [0.1, 0.15) is 0 Å². The van der Waals surface area contributed by atoms with Crippen molar-refractivity contribution in [3.63, 3.8) is 0 Å². The maximum Gasteiger partial charge on any atom is 0.343 e. The van der Waals surface area contributed by atoms with Crippen LogP contribution in [0.5, 0.6) is 0 Å². The van der Waals surface area contributed by atoms with E-state index in [1.165, 1.54) is 16.3 Å². The first-order valence-corrected chi connectivity index (χ1v) is 6.51. The first kappa shape index (κ1) is 14.4. The van der Waals surface area contributed by atoms with Crippen molar-refractivity contribution in [3.8, 4) is 12.3 Å². The van der Waals surface area contributed by atoms with Crippen molar-refractivity contribution in [1.82, 2.24) is 20.1 Å². The molecule has 0 aromatic carbocycles. The lowest BCUT2D eigenvalue weighted by Gasteiger charge is -2.10. The number of aromatic nitrogens is 3. The second-order valence-corrected chi connectivity index (χ2v) is 4.95. The van der Waals surface area contributed by atoms with Gasteiger partial charge in [0.15, 0.2) is 5.16 Å². The zero-order chi connectivity index (χ0) is 13.5. The van der Waals surface area contributed by atoms with Gasteiger partial charge in [0.05, 0.1) is 11.8 Å². The van der Waals surface area contributed by atoms with Crippen LogP contribution in [0.4, 0.5) is 0 Å². The van der Waals surface area contributed by atoms with Crippen molar-refractivity contribution in [1.29, 1.82) is 0 Å². The Morgan fingerprint density at radius 3 is 3.06 bits per heavy atom. The smallest absolute Gasteiger partial charge is 0.343 e. The molecule has 7 heteroatoms. The molecule has 0 saturated heterocycles. The highest BCUT2D eigenvalue weighted by Crippen LogP contribution is 2.19. The molecule has 1 heterocycles. The monoisotopic (exact) mass is 268 g/mol. The van der Waals surface area contributed by atoms with Gasteiger partial charge >= 0.3 is 5.69 Å². The summed E-state index contributed by atoms with van der Waals surface area (Å²) in [5, 5.41) is 9.04. The molecule has 1 unspecified atom stereocenters. The number of hydrogen-bond donors (Lipinski definition) is 2. The Labute approximate surface area is 110 Å². The third kappa shape index (κ3) is 3.67. The summed E-state index contributed by atoms with van der Waals surface area (Å²) < 4.78 is 1.52.